The molecule has 1 unspecified atom stereocenters. The van der Waals surface area contributed by atoms with Gasteiger partial charge in [-0.15, -0.1) is 0 Å². The summed E-state index contributed by atoms with van der Waals surface area (Å²) >= 11 is 0. The number of halogens is 3. The summed E-state index contributed by atoms with van der Waals surface area (Å²) < 4.78 is 39.7. The Labute approximate surface area is 125 Å². The Morgan fingerprint density at radius 3 is 2.41 bits per heavy atom. The van der Waals surface area contributed by atoms with E-state index in [2.05, 4.69) is 0 Å². The second kappa shape index (κ2) is 6.95. The third-order valence-corrected chi connectivity index (χ3v) is 3.20. The second-order valence-electron chi connectivity index (χ2n) is 5.48. The molecule has 0 saturated heterocycles. The van der Waals surface area contributed by atoms with Crippen LogP contribution in [0, 0.1) is 5.92 Å². The van der Waals surface area contributed by atoms with E-state index in [1.54, 1.807) is 13.8 Å². The fraction of sp³-hybridized carbons (Fsp3) is 0.571. The summed E-state index contributed by atoms with van der Waals surface area (Å²) in [4.78, 5) is 23.3. The number of nitrogens with zero attached hydrogens (tertiary/aromatic N) is 1. The molecule has 0 saturated carbocycles. The van der Waals surface area contributed by atoms with Gasteiger partial charge >= 0.3 is 12.1 Å². The molecule has 3 N–H and O–H groups in total. The molecule has 0 aliphatic rings. The number of nitrogens with two attached hydrogens (primary N) is 1. The SMILES string of the molecule is CC(C)CC(C(=O)O)n1cc(CCN)c(C(F)(F)F)cc1=O. The minimum absolute atomic E-state index is 0.0340. The van der Waals surface area contributed by atoms with Gasteiger partial charge < -0.3 is 15.4 Å². The molecule has 0 aliphatic carbocycles. The van der Waals surface area contributed by atoms with Crippen LogP contribution in [0.2, 0.25) is 0 Å². The molecule has 1 aromatic rings. The molecule has 1 aromatic heterocycles. The number of aliphatic carboxylic acids is 1. The Morgan fingerprint density at radius 2 is 2.00 bits per heavy atom. The Hall–Kier alpha value is -1.83. The maximum atomic E-state index is 12.9. The van der Waals surface area contributed by atoms with Crippen LogP contribution >= 0.6 is 0 Å². The van der Waals surface area contributed by atoms with E-state index in [9.17, 15) is 27.9 Å². The lowest BCUT2D eigenvalue weighted by Crippen LogP contribution is -2.32. The van der Waals surface area contributed by atoms with Crippen molar-refractivity contribution >= 4 is 5.97 Å². The number of hydrogen-bond acceptors (Lipinski definition) is 3. The second-order valence-corrected chi connectivity index (χ2v) is 5.48. The number of alkyl halides is 3. The maximum absolute atomic E-state index is 12.9. The molecule has 8 heteroatoms. The van der Waals surface area contributed by atoms with Gasteiger partial charge in [0.2, 0.25) is 0 Å². The summed E-state index contributed by atoms with van der Waals surface area (Å²) in [5.74, 6) is -1.29. The van der Waals surface area contributed by atoms with Crippen LogP contribution in [0.25, 0.3) is 0 Å². The summed E-state index contributed by atoms with van der Waals surface area (Å²) in [7, 11) is 0. The maximum Gasteiger partial charge on any atom is 0.416 e. The van der Waals surface area contributed by atoms with Crippen LogP contribution in [-0.2, 0) is 17.4 Å². The van der Waals surface area contributed by atoms with Crippen LogP contribution in [-0.4, -0.2) is 22.2 Å². The van der Waals surface area contributed by atoms with E-state index >= 15 is 0 Å². The smallest absolute Gasteiger partial charge is 0.416 e. The Morgan fingerprint density at radius 1 is 1.41 bits per heavy atom. The van der Waals surface area contributed by atoms with Crippen LogP contribution in [0.1, 0.15) is 37.4 Å². The van der Waals surface area contributed by atoms with E-state index in [-0.39, 0.29) is 30.9 Å². The van der Waals surface area contributed by atoms with E-state index < -0.39 is 29.3 Å². The highest BCUT2D eigenvalue weighted by atomic mass is 19.4. The minimum Gasteiger partial charge on any atom is -0.480 e. The van der Waals surface area contributed by atoms with Crippen molar-refractivity contribution in [1.82, 2.24) is 4.57 Å². The fourth-order valence-electron chi connectivity index (χ4n) is 2.23. The summed E-state index contributed by atoms with van der Waals surface area (Å²) in [6.07, 6.45) is -3.66. The Balaban J connectivity index is 3.46. The van der Waals surface area contributed by atoms with Gasteiger partial charge in [-0.2, -0.15) is 13.2 Å². The van der Waals surface area contributed by atoms with Gasteiger partial charge in [-0.05, 0) is 30.9 Å². The predicted octanol–water partition coefficient (Wildman–Crippen LogP) is 2.04. The van der Waals surface area contributed by atoms with Crippen molar-refractivity contribution in [3.8, 4) is 0 Å². The van der Waals surface area contributed by atoms with Gasteiger partial charge in [0.1, 0.15) is 6.04 Å². The molecule has 5 nitrogen and oxygen atoms in total. The molecule has 0 radical (unpaired) electrons. The molecule has 0 aromatic carbocycles. The minimum atomic E-state index is -4.68. The van der Waals surface area contributed by atoms with Crippen LogP contribution < -0.4 is 11.3 Å². The molecular weight excluding hydrogens is 301 g/mol. The first-order chi connectivity index (χ1) is 10.1. The van der Waals surface area contributed by atoms with E-state index in [0.29, 0.717) is 6.07 Å². The van der Waals surface area contributed by atoms with Crippen molar-refractivity contribution in [2.45, 2.75) is 38.9 Å². The zero-order valence-electron chi connectivity index (χ0n) is 12.4. The van der Waals surface area contributed by atoms with Crippen LogP contribution in [0.3, 0.4) is 0 Å². The lowest BCUT2D eigenvalue weighted by molar-refractivity contribution is -0.141. The van der Waals surface area contributed by atoms with Crippen molar-refractivity contribution in [1.29, 1.82) is 0 Å². The number of rotatable bonds is 6. The Bertz CT molecular complexity index is 594. The molecule has 1 rings (SSSR count). The number of hydrogen-bond donors (Lipinski definition) is 2. The van der Waals surface area contributed by atoms with Gasteiger partial charge in [-0.3, -0.25) is 4.79 Å². The monoisotopic (exact) mass is 320 g/mol. The van der Waals surface area contributed by atoms with Gasteiger partial charge in [0.15, 0.2) is 0 Å². The largest absolute Gasteiger partial charge is 0.480 e. The molecule has 0 spiro atoms. The van der Waals surface area contributed by atoms with Crippen molar-refractivity contribution in [3.63, 3.8) is 0 Å². The average Bonchev–Trinajstić information content (AvgIpc) is 2.36. The fourth-order valence-corrected chi connectivity index (χ4v) is 2.23. The van der Waals surface area contributed by atoms with Gasteiger partial charge in [-0.1, -0.05) is 13.8 Å². The van der Waals surface area contributed by atoms with Crippen molar-refractivity contribution < 1.29 is 23.1 Å². The molecule has 0 amide bonds. The van der Waals surface area contributed by atoms with Crippen LogP contribution in [0.15, 0.2) is 17.1 Å². The normalized spacial score (nSPS) is 13.4. The quantitative estimate of drug-likeness (QED) is 0.840. The van der Waals surface area contributed by atoms with Gasteiger partial charge in [-0.25, -0.2) is 4.79 Å². The first kappa shape index (κ1) is 18.2. The molecule has 1 atom stereocenters. The molecule has 22 heavy (non-hydrogen) atoms. The van der Waals surface area contributed by atoms with Gasteiger partial charge in [0.05, 0.1) is 5.56 Å². The van der Waals surface area contributed by atoms with Crippen molar-refractivity contribution in [3.05, 3.63) is 33.7 Å². The third kappa shape index (κ3) is 4.33. The van der Waals surface area contributed by atoms with E-state index in [0.717, 1.165) is 10.8 Å². The van der Waals surface area contributed by atoms with Gasteiger partial charge in [0.25, 0.3) is 5.56 Å². The average molecular weight is 320 g/mol. The summed E-state index contributed by atoms with van der Waals surface area (Å²) in [5.41, 5.74) is 3.08. The highest BCUT2D eigenvalue weighted by Gasteiger charge is 2.35. The van der Waals surface area contributed by atoms with Crippen LogP contribution in [0.4, 0.5) is 13.2 Å². The summed E-state index contributed by atoms with van der Waals surface area (Å²) in [5, 5.41) is 9.24. The van der Waals surface area contributed by atoms with E-state index in [4.69, 9.17) is 5.73 Å². The zero-order valence-corrected chi connectivity index (χ0v) is 12.4. The highest BCUT2D eigenvalue weighted by molar-refractivity contribution is 5.71. The first-order valence-electron chi connectivity index (χ1n) is 6.83. The molecular formula is C14H19F3N2O3. The van der Waals surface area contributed by atoms with Crippen molar-refractivity contribution in [2.75, 3.05) is 6.54 Å². The molecule has 124 valence electrons. The number of pyridine rings is 1. The van der Waals surface area contributed by atoms with Crippen LogP contribution in [0.5, 0.6) is 0 Å². The number of aromatic nitrogens is 1. The van der Waals surface area contributed by atoms with E-state index in [1.807, 2.05) is 0 Å². The van der Waals surface area contributed by atoms with Gasteiger partial charge in [0, 0.05) is 12.3 Å². The molecule has 0 bridgehead atoms. The lowest BCUT2D eigenvalue weighted by Gasteiger charge is -2.20. The standard InChI is InChI=1S/C14H19F3N2O3/c1-8(2)5-11(13(21)22)19-7-9(3-4-18)10(6-12(19)20)14(15,16)17/h6-8,11H,3-5,18H2,1-2H3,(H,21,22). The summed E-state index contributed by atoms with van der Waals surface area (Å²) in [6, 6.07) is -0.757. The topological polar surface area (TPSA) is 85.3 Å². The third-order valence-electron chi connectivity index (χ3n) is 3.20. The number of carbonyl (C=O) groups is 1. The zero-order chi connectivity index (χ0) is 17.1. The Kier molecular flexibility index (Phi) is 5.76. The molecule has 0 fully saturated rings. The highest BCUT2D eigenvalue weighted by Crippen LogP contribution is 2.31. The number of carboxylic acid groups (broad SMARTS) is 1. The molecule has 1 heterocycles. The van der Waals surface area contributed by atoms with E-state index in [1.165, 1.54) is 0 Å². The summed E-state index contributed by atoms with van der Waals surface area (Å²) in [6.45, 7) is 3.50. The predicted molar refractivity (Wildman–Crippen MR) is 74.6 cm³/mol. The van der Waals surface area contributed by atoms with Crippen molar-refractivity contribution in [2.24, 2.45) is 11.7 Å². The lowest BCUT2D eigenvalue weighted by atomic mass is 10.0. The molecule has 0 aliphatic heterocycles. The first-order valence-corrected chi connectivity index (χ1v) is 6.83. The number of carboxylic acids is 1.